The molecule has 1 aliphatic rings. The Morgan fingerprint density at radius 1 is 1.12 bits per heavy atom. The quantitative estimate of drug-likeness (QED) is 0.276. The lowest BCUT2D eigenvalue weighted by Crippen LogP contribution is -2.58. The molecule has 3 amide bonds. The van der Waals surface area contributed by atoms with Crippen LogP contribution in [-0.4, -0.2) is 65.1 Å². The van der Waals surface area contributed by atoms with Crippen LogP contribution in [0.15, 0.2) is 24.3 Å². The summed E-state index contributed by atoms with van der Waals surface area (Å²) in [7, 11) is 0. The first-order valence-electron chi connectivity index (χ1n) is 10.8. The van der Waals surface area contributed by atoms with Crippen LogP contribution < -0.4 is 21.3 Å². The SMILES string of the molecule is CCC(C)C(NC(=O)C(Cc1ccc(O)cc1)NC(=O)C1CCCN1)C(=O)NCC(=O)O. The molecule has 2 rings (SSSR count). The summed E-state index contributed by atoms with van der Waals surface area (Å²) in [4.78, 5) is 49.1. The van der Waals surface area contributed by atoms with E-state index in [1.165, 1.54) is 12.1 Å². The Morgan fingerprint density at radius 3 is 2.38 bits per heavy atom. The lowest BCUT2D eigenvalue weighted by atomic mass is 9.97. The average Bonchev–Trinajstić information content (AvgIpc) is 3.31. The normalized spacial score (nSPS) is 18.2. The summed E-state index contributed by atoms with van der Waals surface area (Å²) < 4.78 is 0. The van der Waals surface area contributed by atoms with Gasteiger partial charge < -0.3 is 31.5 Å². The number of carbonyl (C=O) groups is 4. The van der Waals surface area contributed by atoms with Crippen LogP contribution in [0, 0.1) is 5.92 Å². The van der Waals surface area contributed by atoms with Gasteiger partial charge in [0, 0.05) is 6.42 Å². The maximum atomic E-state index is 13.1. The first-order valence-corrected chi connectivity index (χ1v) is 10.8. The highest BCUT2D eigenvalue weighted by molar-refractivity contribution is 5.94. The molecular formula is C22H32N4O6. The minimum atomic E-state index is -1.19. The third-order valence-corrected chi connectivity index (χ3v) is 5.59. The van der Waals surface area contributed by atoms with E-state index in [0.29, 0.717) is 12.8 Å². The van der Waals surface area contributed by atoms with Crippen molar-refractivity contribution < 1.29 is 29.4 Å². The number of benzene rings is 1. The number of hydrogen-bond acceptors (Lipinski definition) is 6. The van der Waals surface area contributed by atoms with Crippen molar-refractivity contribution in [3.63, 3.8) is 0 Å². The molecule has 4 atom stereocenters. The average molecular weight is 449 g/mol. The van der Waals surface area contributed by atoms with Crippen molar-refractivity contribution in [3.8, 4) is 5.75 Å². The van der Waals surface area contributed by atoms with E-state index in [-0.39, 0.29) is 30.0 Å². The third kappa shape index (κ3) is 7.52. The van der Waals surface area contributed by atoms with Crippen molar-refractivity contribution in [2.75, 3.05) is 13.1 Å². The van der Waals surface area contributed by atoms with Gasteiger partial charge in [0.1, 0.15) is 24.4 Å². The van der Waals surface area contributed by atoms with Crippen molar-refractivity contribution in [2.24, 2.45) is 5.92 Å². The molecule has 4 unspecified atom stereocenters. The molecule has 0 saturated carbocycles. The molecule has 1 saturated heterocycles. The van der Waals surface area contributed by atoms with Crippen LogP contribution in [-0.2, 0) is 25.6 Å². The summed E-state index contributed by atoms with van der Waals surface area (Å²) in [5.41, 5.74) is 0.720. The second-order valence-electron chi connectivity index (χ2n) is 8.06. The largest absolute Gasteiger partial charge is 0.508 e. The topological polar surface area (TPSA) is 157 Å². The molecule has 176 valence electrons. The molecule has 0 spiro atoms. The number of carbonyl (C=O) groups excluding carboxylic acids is 3. The summed E-state index contributed by atoms with van der Waals surface area (Å²) in [5, 5.41) is 29.2. The molecule has 6 N–H and O–H groups in total. The summed E-state index contributed by atoms with van der Waals surface area (Å²) in [5.74, 6) is -2.79. The zero-order chi connectivity index (χ0) is 23.7. The number of carboxylic acid groups (broad SMARTS) is 1. The van der Waals surface area contributed by atoms with E-state index in [0.717, 1.165) is 18.5 Å². The maximum Gasteiger partial charge on any atom is 0.322 e. The predicted molar refractivity (Wildman–Crippen MR) is 117 cm³/mol. The molecule has 10 nitrogen and oxygen atoms in total. The van der Waals surface area contributed by atoms with Crippen LogP contribution in [0.4, 0.5) is 0 Å². The van der Waals surface area contributed by atoms with Crippen molar-refractivity contribution >= 4 is 23.7 Å². The number of carboxylic acids is 1. The Balaban J connectivity index is 2.17. The molecule has 10 heteroatoms. The van der Waals surface area contributed by atoms with Gasteiger partial charge in [-0.2, -0.15) is 0 Å². The van der Waals surface area contributed by atoms with Crippen LogP contribution >= 0.6 is 0 Å². The van der Waals surface area contributed by atoms with E-state index in [2.05, 4.69) is 21.3 Å². The summed E-state index contributed by atoms with van der Waals surface area (Å²) in [6.45, 7) is 3.81. The Kier molecular flexibility index (Phi) is 9.45. The van der Waals surface area contributed by atoms with E-state index < -0.39 is 36.4 Å². The van der Waals surface area contributed by atoms with Crippen LogP contribution in [0.1, 0.15) is 38.7 Å². The lowest BCUT2D eigenvalue weighted by Gasteiger charge is -2.27. The van der Waals surface area contributed by atoms with Gasteiger partial charge in [0.15, 0.2) is 0 Å². The van der Waals surface area contributed by atoms with Crippen molar-refractivity contribution in [1.29, 1.82) is 0 Å². The van der Waals surface area contributed by atoms with E-state index >= 15 is 0 Å². The lowest BCUT2D eigenvalue weighted by molar-refractivity contribution is -0.139. The molecule has 0 aromatic heterocycles. The number of phenolic OH excluding ortho intramolecular Hbond substituents is 1. The molecule has 1 fully saturated rings. The minimum Gasteiger partial charge on any atom is -0.508 e. The molecule has 32 heavy (non-hydrogen) atoms. The molecule has 1 aliphatic heterocycles. The highest BCUT2D eigenvalue weighted by Crippen LogP contribution is 2.14. The van der Waals surface area contributed by atoms with Gasteiger partial charge in [-0.05, 0) is 43.0 Å². The number of phenols is 1. The molecule has 0 bridgehead atoms. The maximum absolute atomic E-state index is 13.1. The first kappa shape index (κ1) is 25.1. The second-order valence-corrected chi connectivity index (χ2v) is 8.06. The van der Waals surface area contributed by atoms with Gasteiger partial charge in [-0.15, -0.1) is 0 Å². The number of amides is 3. The molecule has 1 aromatic carbocycles. The first-order chi connectivity index (χ1) is 15.2. The van der Waals surface area contributed by atoms with Crippen molar-refractivity contribution in [1.82, 2.24) is 21.3 Å². The summed E-state index contributed by atoms with van der Waals surface area (Å²) in [6.07, 6.45) is 2.28. The van der Waals surface area contributed by atoms with Crippen molar-refractivity contribution in [2.45, 2.75) is 57.7 Å². The van der Waals surface area contributed by atoms with E-state index in [1.807, 2.05) is 6.92 Å². The smallest absolute Gasteiger partial charge is 0.322 e. The van der Waals surface area contributed by atoms with E-state index in [4.69, 9.17) is 5.11 Å². The summed E-state index contributed by atoms with van der Waals surface area (Å²) in [6, 6.07) is 4.01. The van der Waals surface area contributed by atoms with Crippen LogP contribution in [0.3, 0.4) is 0 Å². The summed E-state index contributed by atoms with van der Waals surface area (Å²) >= 11 is 0. The fourth-order valence-electron chi connectivity index (χ4n) is 3.49. The second kappa shape index (κ2) is 12.0. The zero-order valence-corrected chi connectivity index (χ0v) is 18.4. The minimum absolute atomic E-state index is 0.0841. The van der Waals surface area contributed by atoms with Crippen molar-refractivity contribution in [3.05, 3.63) is 29.8 Å². The van der Waals surface area contributed by atoms with Gasteiger partial charge in [0.25, 0.3) is 0 Å². The Labute approximate surface area is 187 Å². The van der Waals surface area contributed by atoms with E-state index in [9.17, 15) is 24.3 Å². The monoisotopic (exact) mass is 448 g/mol. The number of rotatable bonds is 11. The molecule has 1 heterocycles. The predicted octanol–water partition coefficient (Wildman–Crippen LogP) is -0.0968. The standard InChI is InChI=1S/C22H32N4O6/c1-3-13(2)19(22(32)24-12-18(28)29)26-21(31)17(11-14-6-8-15(27)9-7-14)25-20(30)16-5-4-10-23-16/h6-9,13,16-17,19,23,27H,3-5,10-12H2,1-2H3,(H,24,32)(H,25,30)(H,26,31)(H,28,29). The van der Waals surface area contributed by atoms with E-state index in [1.54, 1.807) is 19.1 Å². The van der Waals surface area contributed by atoms with Gasteiger partial charge in [0.2, 0.25) is 17.7 Å². The third-order valence-electron chi connectivity index (χ3n) is 5.59. The number of aliphatic carboxylic acids is 1. The fourth-order valence-corrected chi connectivity index (χ4v) is 3.49. The van der Waals surface area contributed by atoms with Crippen LogP contribution in [0.5, 0.6) is 5.75 Å². The molecule has 0 aliphatic carbocycles. The highest BCUT2D eigenvalue weighted by Gasteiger charge is 2.32. The Hall–Kier alpha value is -3.14. The Morgan fingerprint density at radius 2 is 1.81 bits per heavy atom. The van der Waals surface area contributed by atoms with Gasteiger partial charge in [-0.3, -0.25) is 19.2 Å². The van der Waals surface area contributed by atoms with Gasteiger partial charge in [-0.25, -0.2) is 0 Å². The van der Waals surface area contributed by atoms with Crippen LogP contribution in [0.25, 0.3) is 0 Å². The van der Waals surface area contributed by atoms with Gasteiger partial charge >= 0.3 is 5.97 Å². The number of nitrogens with one attached hydrogen (secondary N) is 4. The zero-order valence-electron chi connectivity index (χ0n) is 18.4. The molecule has 0 radical (unpaired) electrons. The highest BCUT2D eigenvalue weighted by atomic mass is 16.4. The molecule has 1 aromatic rings. The van der Waals surface area contributed by atoms with Crippen LogP contribution in [0.2, 0.25) is 0 Å². The molecular weight excluding hydrogens is 416 g/mol. The Bertz CT molecular complexity index is 807. The number of aromatic hydroxyl groups is 1. The van der Waals surface area contributed by atoms with Gasteiger partial charge in [-0.1, -0.05) is 32.4 Å². The van der Waals surface area contributed by atoms with Gasteiger partial charge in [0.05, 0.1) is 6.04 Å². The fraction of sp³-hybridized carbons (Fsp3) is 0.545. The number of hydrogen-bond donors (Lipinski definition) is 6.